The zero-order valence-corrected chi connectivity index (χ0v) is 9.59. The molecular weight excluding hydrogens is 206 g/mol. The summed E-state index contributed by atoms with van der Waals surface area (Å²) in [5, 5.41) is 10.9. The first-order valence-electron chi connectivity index (χ1n) is 5.39. The average Bonchev–Trinajstić information content (AvgIpc) is 2.70. The second-order valence-corrected chi connectivity index (χ2v) is 3.95. The van der Waals surface area contributed by atoms with Gasteiger partial charge in [-0.3, -0.25) is 4.84 Å². The number of hydrogen-bond donors (Lipinski definition) is 1. The number of para-hydroxylation sites is 1. The molecule has 4 nitrogen and oxygen atoms in total. The molecule has 0 aliphatic carbocycles. The van der Waals surface area contributed by atoms with Gasteiger partial charge in [-0.15, -0.1) is 0 Å². The van der Waals surface area contributed by atoms with Crippen molar-refractivity contribution < 1.29 is 14.7 Å². The number of hydroxylamine groups is 2. The van der Waals surface area contributed by atoms with Crippen LogP contribution in [0.15, 0.2) is 24.3 Å². The summed E-state index contributed by atoms with van der Waals surface area (Å²) in [6.07, 6.45) is 0.674. The first-order chi connectivity index (χ1) is 7.76. The van der Waals surface area contributed by atoms with Gasteiger partial charge in [0.25, 0.3) is 0 Å². The van der Waals surface area contributed by atoms with Crippen LogP contribution in [0.2, 0.25) is 0 Å². The van der Waals surface area contributed by atoms with Gasteiger partial charge in [0.15, 0.2) is 0 Å². The summed E-state index contributed by atoms with van der Waals surface area (Å²) in [6, 6.07) is 8.05. The second kappa shape index (κ2) is 4.82. The third kappa shape index (κ3) is 2.04. The minimum absolute atomic E-state index is 0.0516. The van der Waals surface area contributed by atoms with Crippen molar-refractivity contribution in [2.24, 2.45) is 0 Å². The molecule has 0 radical (unpaired) electrons. The molecule has 2 atom stereocenters. The molecule has 1 N–H and O–H groups in total. The zero-order valence-electron chi connectivity index (χ0n) is 9.59. The first kappa shape index (κ1) is 11.4. The van der Waals surface area contributed by atoms with E-state index >= 15 is 0 Å². The summed E-state index contributed by atoms with van der Waals surface area (Å²) in [6.45, 7) is 0.0516. The molecule has 0 saturated carbocycles. The normalized spacial score (nSPS) is 25.9. The largest absolute Gasteiger partial charge is 0.496 e. The van der Waals surface area contributed by atoms with Gasteiger partial charge in [-0.25, -0.2) is 0 Å². The second-order valence-electron chi connectivity index (χ2n) is 3.95. The van der Waals surface area contributed by atoms with E-state index in [1.165, 1.54) is 0 Å². The van der Waals surface area contributed by atoms with Crippen LogP contribution in [-0.4, -0.2) is 37.0 Å². The summed E-state index contributed by atoms with van der Waals surface area (Å²) >= 11 is 0. The Balaban J connectivity index is 2.23. The van der Waals surface area contributed by atoms with E-state index in [1.54, 1.807) is 12.2 Å². The SMILES string of the molecule is COc1ccccc1[C@H]1C[C@H](CO)ON1C. The van der Waals surface area contributed by atoms with Gasteiger partial charge in [0.1, 0.15) is 11.9 Å². The fraction of sp³-hybridized carbons (Fsp3) is 0.500. The van der Waals surface area contributed by atoms with Gasteiger partial charge >= 0.3 is 0 Å². The Morgan fingerprint density at radius 3 is 2.88 bits per heavy atom. The molecule has 88 valence electrons. The molecule has 4 heteroatoms. The lowest BCUT2D eigenvalue weighted by Gasteiger charge is -2.19. The van der Waals surface area contributed by atoms with Crippen molar-refractivity contribution in [3.05, 3.63) is 29.8 Å². The number of aliphatic hydroxyl groups is 1. The Morgan fingerprint density at radius 1 is 1.50 bits per heavy atom. The van der Waals surface area contributed by atoms with Crippen LogP contribution in [0.25, 0.3) is 0 Å². The Bertz CT molecular complexity index is 356. The smallest absolute Gasteiger partial charge is 0.123 e. The molecule has 1 aromatic carbocycles. The molecule has 1 heterocycles. The van der Waals surface area contributed by atoms with Crippen molar-refractivity contribution >= 4 is 0 Å². The molecule has 1 aliphatic rings. The molecule has 0 unspecified atom stereocenters. The molecule has 0 spiro atoms. The number of nitrogens with zero attached hydrogens (tertiary/aromatic N) is 1. The topological polar surface area (TPSA) is 41.9 Å². The number of methoxy groups -OCH3 is 1. The van der Waals surface area contributed by atoms with Crippen LogP contribution in [0.4, 0.5) is 0 Å². The summed E-state index contributed by atoms with van der Waals surface area (Å²) in [4.78, 5) is 5.50. The van der Waals surface area contributed by atoms with Crippen molar-refractivity contribution in [1.82, 2.24) is 5.06 Å². The number of rotatable bonds is 3. The molecule has 0 aromatic heterocycles. The fourth-order valence-electron chi connectivity index (χ4n) is 2.12. The molecule has 0 bridgehead atoms. The highest BCUT2D eigenvalue weighted by Crippen LogP contribution is 2.36. The van der Waals surface area contributed by atoms with Crippen LogP contribution in [0.5, 0.6) is 5.75 Å². The molecule has 1 saturated heterocycles. The number of ether oxygens (including phenoxy) is 1. The summed E-state index contributed by atoms with van der Waals surface area (Å²) < 4.78 is 5.33. The number of benzene rings is 1. The van der Waals surface area contributed by atoms with Gasteiger partial charge in [-0.2, -0.15) is 5.06 Å². The van der Waals surface area contributed by atoms with Crippen LogP contribution in [0.3, 0.4) is 0 Å². The monoisotopic (exact) mass is 223 g/mol. The van der Waals surface area contributed by atoms with E-state index in [-0.39, 0.29) is 18.8 Å². The molecular formula is C12H17NO3. The van der Waals surface area contributed by atoms with Crippen LogP contribution < -0.4 is 4.74 Å². The highest BCUT2D eigenvalue weighted by molar-refractivity contribution is 5.36. The van der Waals surface area contributed by atoms with Gasteiger partial charge in [0, 0.05) is 12.6 Å². The quantitative estimate of drug-likeness (QED) is 0.840. The molecule has 1 aromatic rings. The summed E-state index contributed by atoms with van der Waals surface area (Å²) in [5.41, 5.74) is 1.10. The molecule has 16 heavy (non-hydrogen) atoms. The van der Waals surface area contributed by atoms with E-state index in [9.17, 15) is 0 Å². The molecule has 2 rings (SSSR count). The molecule has 1 aliphatic heterocycles. The van der Waals surface area contributed by atoms with Crippen molar-refractivity contribution in [2.45, 2.75) is 18.6 Å². The van der Waals surface area contributed by atoms with Gasteiger partial charge in [0.2, 0.25) is 0 Å². The lowest BCUT2D eigenvalue weighted by molar-refractivity contribution is -0.153. The minimum Gasteiger partial charge on any atom is -0.496 e. The van der Waals surface area contributed by atoms with E-state index in [0.29, 0.717) is 0 Å². The summed E-state index contributed by atoms with van der Waals surface area (Å²) in [5.74, 6) is 0.863. The van der Waals surface area contributed by atoms with Crippen molar-refractivity contribution in [1.29, 1.82) is 0 Å². The lowest BCUT2D eigenvalue weighted by Crippen LogP contribution is -2.18. The van der Waals surface area contributed by atoms with Gasteiger partial charge < -0.3 is 9.84 Å². The predicted octanol–water partition coefficient (Wildman–Crippen LogP) is 1.36. The van der Waals surface area contributed by atoms with Crippen molar-refractivity contribution in [3.63, 3.8) is 0 Å². The predicted molar refractivity (Wildman–Crippen MR) is 60.1 cm³/mol. The Hall–Kier alpha value is -1.10. The zero-order chi connectivity index (χ0) is 11.5. The first-order valence-corrected chi connectivity index (χ1v) is 5.39. The van der Waals surface area contributed by atoms with E-state index in [0.717, 1.165) is 17.7 Å². The maximum absolute atomic E-state index is 9.09. The van der Waals surface area contributed by atoms with Gasteiger partial charge in [-0.05, 0) is 12.5 Å². The van der Waals surface area contributed by atoms with Crippen molar-refractivity contribution in [3.8, 4) is 5.75 Å². The third-order valence-electron chi connectivity index (χ3n) is 2.94. The van der Waals surface area contributed by atoms with E-state index in [4.69, 9.17) is 14.7 Å². The number of aliphatic hydroxyl groups excluding tert-OH is 1. The minimum atomic E-state index is -0.111. The van der Waals surface area contributed by atoms with Crippen molar-refractivity contribution in [2.75, 3.05) is 20.8 Å². The van der Waals surface area contributed by atoms with Gasteiger partial charge in [0.05, 0.1) is 19.8 Å². The number of hydrogen-bond acceptors (Lipinski definition) is 4. The van der Waals surface area contributed by atoms with Crippen LogP contribution >= 0.6 is 0 Å². The third-order valence-corrected chi connectivity index (χ3v) is 2.94. The van der Waals surface area contributed by atoms with Gasteiger partial charge in [-0.1, -0.05) is 18.2 Å². The average molecular weight is 223 g/mol. The molecule has 0 amide bonds. The Labute approximate surface area is 95.4 Å². The highest BCUT2D eigenvalue weighted by Gasteiger charge is 2.33. The van der Waals surface area contributed by atoms with E-state index < -0.39 is 0 Å². The highest BCUT2D eigenvalue weighted by atomic mass is 16.7. The van der Waals surface area contributed by atoms with Crippen LogP contribution in [0.1, 0.15) is 18.0 Å². The summed E-state index contributed by atoms with van der Waals surface area (Å²) in [7, 11) is 3.55. The fourth-order valence-corrected chi connectivity index (χ4v) is 2.12. The van der Waals surface area contributed by atoms with Crippen LogP contribution in [-0.2, 0) is 4.84 Å². The van der Waals surface area contributed by atoms with E-state index in [2.05, 4.69) is 0 Å². The standard InChI is InChI=1S/C12H17NO3/c1-13-11(7-9(8-14)16-13)10-5-3-4-6-12(10)15-2/h3-6,9,11,14H,7-8H2,1-2H3/t9-,11-/m1/s1. The van der Waals surface area contributed by atoms with E-state index in [1.807, 2.05) is 31.3 Å². The van der Waals surface area contributed by atoms with Crippen LogP contribution in [0, 0.1) is 0 Å². The molecule has 1 fully saturated rings. The Kier molecular flexibility index (Phi) is 3.43. The Morgan fingerprint density at radius 2 is 2.25 bits per heavy atom. The maximum atomic E-state index is 9.09. The lowest BCUT2D eigenvalue weighted by atomic mass is 10.0. The maximum Gasteiger partial charge on any atom is 0.123 e.